The van der Waals surface area contributed by atoms with Crippen LogP contribution in [0, 0.1) is 26.6 Å². The summed E-state index contributed by atoms with van der Waals surface area (Å²) in [6.45, 7) is 7.60. The van der Waals surface area contributed by atoms with Crippen LogP contribution in [0.2, 0.25) is 0 Å². The first-order chi connectivity index (χ1) is 15.9. The van der Waals surface area contributed by atoms with Gasteiger partial charge in [0.05, 0.1) is 18.7 Å². The lowest BCUT2D eigenvalue weighted by Gasteiger charge is -2.38. The summed E-state index contributed by atoms with van der Waals surface area (Å²) in [4.78, 5) is 11.0. The number of anilines is 1. The lowest BCUT2D eigenvalue weighted by atomic mass is 9.97. The highest BCUT2D eigenvalue weighted by molar-refractivity contribution is 5.93. The number of benzene rings is 1. The predicted octanol–water partition coefficient (Wildman–Crippen LogP) is 4.03. The average molecular weight is 458 g/mol. The Bertz CT molecular complexity index is 1160. The van der Waals surface area contributed by atoms with Crippen LogP contribution in [-0.4, -0.2) is 59.7 Å². The van der Waals surface area contributed by atoms with Crippen LogP contribution in [0.25, 0.3) is 22.4 Å². The van der Waals surface area contributed by atoms with Gasteiger partial charge in [-0.2, -0.15) is 4.98 Å². The Kier molecular flexibility index (Phi) is 6.01. The van der Waals surface area contributed by atoms with Crippen molar-refractivity contribution in [3.05, 3.63) is 34.9 Å². The highest BCUT2D eigenvalue weighted by atomic mass is 19.1. The number of hydrogen-bond donors (Lipinski definition) is 1. The van der Waals surface area contributed by atoms with Gasteiger partial charge in [-0.15, -0.1) is 0 Å². The standard InChI is InChI=1S/C24H29F2N5O2/c1-13-9-17-14(2)21(24-27-15(3)30-33-24)23(29-22(17)18(25)10-13)31-7-6-20(19(26)11-31)28-16-5-4-8-32-12-16/h9-10,16,19-20,28H,4-8,11-12H2,1-3H3/t16-,19+,20-/m0/s1. The smallest absolute Gasteiger partial charge is 0.261 e. The molecule has 2 aliphatic heterocycles. The van der Waals surface area contributed by atoms with Crippen molar-refractivity contribution in [2.24, 2.45) is 0 Å². The second-order valence-corrected chi connectivity index (χ2v) is 9.16. The van der Waals surface area contributed by atoms with Crippen LogP contribution in [-0.2, 0) is 4.74 Å². The number of piperidine rings is 1. The summed E-state index contributed by atoms with van der Waals surface area (Å²) < 4.78 is 41.2. The molecule has 0 spiro atoms. The third-order valence-corrected chi connectivity index (χ3v) is 6.62. The zero-order valence-corrected chi connectivity index (χ0v) is 19.2. The summed E-state index contributed by atoms with van der Waals surface area (Å²) in [7, 11) is 0. The normalized spacial score (nSPS) is 23.9. The molecule has 0 bridgehead atoms. The number of nitrogens with one attached hydrogen (secondary N) is 1. The zero-order valence-electron chi connectivity index (χ0n) is 19.2. The van der Waals surface area contributed by atoms with Crippen molar-refractivity contribution in [1.82, 2.24) is 20.4 Å². The second kappa shape index (κ2) is 8.95. The molecule has 0 aliphatic carbocycles. The first-order valence-corrected chi connectivity index (χ1v) is 11.5. The van der Waals surface area contributed by atoms with Gasteiger partial charge in [0, 0.05) is 30.6 Å². The van der Waals surface area contributed by atoms with Gasteiger partial charge in [-0.1, -0.05) is 5.16 Å². The Labute approximate surface area is 191 Å². The van der Waals surface area contributed by atoms with Crippen LogP contribution < -0.4 is 10.2 Å². The molecule has 9 heteroatoms. The minimum absolute atomic E-state index is 0.150. The van der Waals surface area contributed by atoms with Gasteiger partial charge in [0.25, 0.3) is 5.89 Å². The molecular formula is C24H29F2N5O2. The average Bonchev–Trinajstić information content (AvgIpc) is 3.22. The van der Waals surface area contributed by atoms with Crippen LogP contribution >= 0.6 is 0 Å². The first kappa shape index (κ1) is 22.2. The van der Waals surface area contributed by atoms with Crippen LogP contribution in [0.5, 0.6) is 0 Å². The SMILES string of the molecule is Cc1cc(F)c2nc(N3CC[C@H](N[C@H]4CCCOC4)[C@H](F)C3)c(-c3nc(C)no3)c(C)c2c1. The Balaban J connectivity index is 1.50. The number of aryl methyl sites for hydroxylation is 3. The monoisotopic (exact) mass is 457 g/mol. The predicted molar refractivity (Wildman–Crippen MR) is 122 cm³/mol. The van der Waals surface area contributed by atoms with Crippen molar-refractivity contribution in [3.8, 4) is 11.5 Å². The second-order valence-electron chi connectivity index (χ2n) is 9.16. The fourth-order valence-electron chi connectivity index (χ4n) is 4.94. The van der Waals surface area contributed by atoms with Crippen molar-refractivity contribution >= 4 is 16.7 Å². The van der Waals surface area contributed by atoms with Gasteiger partial charge in [0.15, 0.2) is 5.82 Å². The summed E-state index contributed by atoms with van der Waals surface area (Å²) in [5.41, 5.74) is 2.49. The van der Waals surface area contributed by atoms with E-state index in [4.69, 9.17) is 9.26 Å². The molecular weight excluding hydrogens is 428 g/mol. The van der Waals surface area contributed by atoms with Crippen molar-refractivity contribution in [2.75, 3.05) is 31.2 Å². The summed E-state index contributed by atoms with van der Waals surface area (Å²) in [6, 6.07) is 3.30. The molecule has 1 aromatic carbocycles. The maximum absolute atomic E-state index is 15.3. The van der Waals surface area contributed by atoms with E-state index in [1.165, 1.54) is 6.07 Å². The summed E-state index contributed by atoms with van der Waals surface area (Å²) in [5.74, 6) is 0.889. The van der Waals surface area contributed by atoms with E-state index in [1.807, 2.05) is 24.8 Å². The lowest BCUT2D eigenvalue weighted by Crippen LogP contribution is -2.55. The van der Waals surface area contributed by atoms with Gasteiger partial charge >= 0.3 is 0 Å². The number of pyridine rings is 1. The quantitative estimate of drug-likeness (QED) is 0.634. The van der Waals surface area contributed by atoms with Gasteiger partial charge in [0.1, 0.15) is 23.3 Å². The number of fused-ring (bicyclic) bond motifs is 1. The molecule has 2 fully saturated rings. The number of rotatable bonds is 4. The first-order valence-electron chi connectivity index (χ1n) is 11.5. The minimum Gasteiger partial charge on any atom is -0.380 e. The maximum Gasteiger partial charge on any atom is 0.261 e. The molecule has 3 atom stereocenters. The molecule has 0 unspecified atom stereocenters. The molecule has 0 saturated carbocycles. The number of halogens is 2. The summed E-state index contributed by atoms with van der Waals surface area (Å²) in [5, 5.41) is 8.05. The van der Waals surface area contributed by atoms with Crippen LogP contribution in [0.4, 0.5) is 14.6 Å². The molecule has 176 valence electrons. The Morgan fingerprint density at radius 1 is 1.15 bits per heavy atom. The van der Waals surface area contributed by atoms with Gasteiger partial charge in [0.2, 0.25) is 0 Å². The minimum atomic E-state index is -1.10. The number of aromatic nitrogens is 3. The summed E-state index contributed by atoms with van der Waals surface area (Å²) >= 11 is 0. The molecule has 0 amide bonds. The number of alkyl halides is 1. The van der Waals surface area contributed by atoms with Crippen LogP contribution in [0.3, 0.4) is 0 Å². The third kappa shape index (κ3) is 4.31. The number of ether oxygens (including phenoxy) is 1. The molecule has 2 saturated heterocycles. The molecule has 5 rings (SSSR count). The van der Waals surface area contributed by atoms with Gasteiger partial charge in [-0.25, -0.2) is 13.8 Å². The van der Waals surface area contributed by atoms with E-state index in [0.717, 1.165) is 30.6 Å². The maximum atomic E-state index is 15.3. The van der Waals surface area contributed by atoms with E-state index < -0.39 is 12.0 Å². The van der Waals surface area contributed by atoms with Crippen molar-refractivity contribution in [3.63, 3.8) is 0 Å². The molecule has 2 aliphatic rings. The van der Waals surface area contributed by atoms with Crippen molar-refractivity contribution < 1.29 is 18.0 Å². The lowest BCUT2D eigenvalue weighted by molar-refractivity contribution is 0.0588. The van der Waals surface area contributed by atoms with E-state index in [1.54, 1.807) is 6.92 Å². The molecule has 33 heavy (non-hydrogen) atoms. The van der Waals surface area contributed by atoms with E-state index >= 15 is 4.39 Å². The van der Waals surface area contributed by atoms with Crippen LogP contribution in [0.1, 0.15) is 36.2 Å². The molecule has 2 aromatic heterocycles. The van der Waals surface area contributed by atoms with Gasteiger partial charge in [-0.3, -0.25) is 0 Å². The molecule has 1 N–H and O–H groups in total. The van der Waals surface area contributed by atoms with Crippen LogP contribution in [0.15, 0.2) is 16.7 Å². The number of nitrogens with zero attached hydrogens (tertiary/aromatic N) is 4. The Morgan fingerprint density at radius 3 is 2.70 bits per heavy atom. The topological polar surface area (TPSA) is 76.3 Å². The van der Waals surface area contributed by atoms with E-state index in [-0.39, 0.29) is 24.1 Å². The van der Waals surface area contributed by atoms with Gasteiger partial charge in [-0.05, 0) is 63.3 Å². The third-order valence-electron chi connectivity index (χ3n) is 6.62. The fraction of sp³-hybridized carbons (Fsp3) is 0.542. The molecule has 7 nitrogen and oxygen atoms in total. The van der Waals surface area contributed by atoms with Crippen molar-refractivity contribution in [1.29, 1.82) is 0 Å². The van der Waals surface area contributed by atoms with Crippen molar-refractivity contribution in [2.45, 2.75) is 58.3 Å². The molecule has 4 heterocycles. The Morgan fingerprint density at radius 2 is 2.00 bits per heavy atom. The molecule has 0 radical (unpaired) electrons. The van der Waals surface area contributed by atoms with E-state index in [9.17, 15) is 4.39 Å². The van der Waals surface area contributed by atoms with Gasteiger partial charge < -0.3 is 19.5 Å². The number of hydrogen-bond acceptors (Lipinski definition) is 7. The fourth-order valence-corrected chi connectivity index (χ4v) is 4.94. The van der Waals surface area contributed by atoms with E-state index in [2.05, 4.69) is 20.4 Å². The summed E-state index contributed by atoms with van der Waals surface area (Å²) in [6.07, 6.45) is 1.50. The molecule has 3 aromatic rings. The Hall–Kier alpha value is -2.65. The highest BCUT2D eigenvalue weighted by Crippen LogP contribution is 2.38. The zero-order chi connectivity index (χ0) is 23.1. The van der Waals surface area contributed by atoms with E-state index in [0.29, 0.717) is 48.1 Å². The largest absolute Gasteiger partial charge is 0.380 e. The highest BCUT2D eigenvalue weighted by Gasteiger charge is 2.34.